The van der Waals surface area contributed by atoms with Gasteiger partial charge in [0, 0.05) is 11.8 Å². The van der Waals surface area contributed by atoms with E-state index in [0.717, 1.165) is 25.7 Å². The molecule has 130 valence electrons. The van der Waals surface area contributed by atoms with Crippen LogP contribution >= 0.6 is 0 Å². The monoisotopic (exact) mass is 328 g/mol. The van der Waals surface area contributed by atoms with Crippen LogP contribution in [0.1, 0.15) is 65.7 Å². The van der Waals surface area contributed by atoms with Crippen molar-refractivity contribution < 1.29 is 14.3 Å². The van der Waals surface area contributed by atoms with Crippen LogP contribution in [0.2, 0.25) is 0 Å². The molecule has 0 spiro atoms. The fourth-order valence-corrected chi connectivity index (χ4v) is 7.62. The molecule has 0 N–H and O–H groups in total. The van der Waals surface area contributed by atoms with Crippen molar-refractivity contribution in [2.24, 2.45) is 28.6 Å². The van der Waals surface area contributed by atoms with Gasteiger partial charge >= 0.3 is 0 Å². The summed E-state index contributed by atoms with van der Waals surface area (Å²) in [5.41, 5.74) is 1.22. The first-order valence-corrected chi connectivity index (χ1v) is 9.76. The van der Waals surface area contributed by atoms with E-state index in [0.29, 0.717) is 30.0 Å². The van der Waals surface area contributed by atoms with Gasteiger partial charge in [-0.25, -0.2) is 0 Å². The topological polar surface area (TPSA) is 46.7 Å². The molecule has 1 aliphatic heterocycles. The molecule has 7 atom stereocenters. The van der Waals surface area contributed by atoms with Crippen molar-refractivity contribution in [1.29, 1.82) is 0 Å². The molecule has 0 radical (unpaired) electrons. The lowest BCUT2D eigenvalue weighted by molar-refractivity contribution is -0.136. The van der Waals surface area contributed by atoms with Crippen LogP contribution in [-0.4, -0.2) is 23.3 Å². The Balaban J connectivity index is 1.52. The summed E-state index contributed by atoms with van der Waals surface area (Å²) in [4.78, 5) is 24.3. The maximum atomic E-state index is 12.4. The number of epoxide rings is 1. The van der Waals surface area contributed by atoms with Crippen LogP contribution in [0.15, 0.2) is 11.6 Å². The summed E-state index contributed by atoms with van der Waals surface area (Å²) in [7, 11) is 0. The highest BCUT2D eigenvalue weighted by atomic mass is 16.6. The van der Waals surface area contributed by atoms with Gasteiger partial charge in [0.25, 0.3) is 0 Å². The third kappa shape index (κ3) is 1.54. The molecule has 3 nitrogen and oxygen atoms in total. The van der Waals surface area contributed by atoms with E-state index in [1.165, 1.54) is 18.4 Å². The van der Waals surface area contributed by atoms with E-state index in [-0.39, 0.29) is 22.7 Å². The Bertz CT molecular complexity index is 679. The zero-order valence-electron chi connectivity index (χ0n) is 15.1. The highest BCUT2D eigenvalue weighted by molar-refractivity contribution is 5.92. The van der Waals surface area contributed by atoms with Gasteiger partial charge in [-0.3, -0.25) is 9.59 Å². The Morgan fingerprint density at radius 3 is 2.71 bits per heavy atom. The highest BCUT2D eigenvalue weighted by Crippen LogP contribution is 2.73. The molecular formula is C21H28O3. The predicted octanol–water partition coefficient (Wildman–Crippen LogP) is 3.85. The second-order valence-electron chi connectivity index (χ2n) is 9.56. The molecule has 0 bridgehead atoms. The number of hydrogen-bond donors (Lipinski definition) is 0. The first-order valence-electron chi connectivity index (χ1n) is 9.76. The van der Waals surface area contributed by atoms with Crippen LogP contribution in [-0.2, 0) is 14.3 Å². The normalized spacial score (nSPS) is 55.0. The molecule has 5 aliphatic rings. The number of ketones is 2. The van der Waals surface area contributed by atoms with Gasteiger partial charge in [-0.15, -0.1) is 0 Å². The maximum Gasteiger partial charge on any atom is 0.164 e. The van der Waals surface area contributed by atoms with Crippen LogP contribution in [0, 0.1) is 28.6 Å². The van der Waals surface area contributed by atoms with Crippen LogP contribution in [0.4, 0.5) is 0 Å². The lowest BCUT2D eigenvalue weighted by Crippen LogP contribution is -2.54. The average Bonchev–Trinajstić information content (AvgIpc) is 3.21. The molecular weight excluding hydrogens is 300 g/mol. The fourth-order valence-electron chi connectivity index (χ4n) is 7.62. The maximum absolute atomic E-state index is 12.4. The lowest BCUT2D eigenvalue weighted by Gasteiger charge is -2.58. The second-order valence-corrected chi connectivity index (χ2v) is 9.56. The number of allylic oxidation sites excluding steroid dienone is 1. The summed E-state index contributed by atoms with van der Waals surface area (Å²) in [5.74, 6) is 2.58. The van der Waals surface area contributed by atoms with Gasteiger partial charge in [-0.05, 0) is 74.7 Å². The zero-order valence-corrected chi connectivity index (χ0v) is 15.1. The minimum atomic E-state index is -0.456. The Morgan fingerprint density at radius 2 is 1.96 bits per heavy atom. The van der Waals surface area contributed by atoms with Crippen molar-refractivity contribution in [3.8, 4) is 0 Å². The largest absolute Gasteiger partial charge is 0.357 e. The Morgan fingerprint density at radius 1 is 1.17 bits per heavy atom. The minimum Gasteiger partial charge on any atom is -0.357 e. The number of Topliss-reactive ketones (excluding diaryl/α,β-unsaturated/α-hetero) is 1. The molecule has 24 heavy (non-hydrogen) atoms. The van der Waals surface area contributed by atoms with Crippen molar-refractivity contribution in [1.82, 2.24) is 0 Å². The molecule has 5 rings (SSSR count). The summed E-state index contributed by atoms with van der Waals surface area (Å²) >= 11 is 0. The summed E-state index contributed by atoms with van der Waals surface area (Å²) in [5, 5.41) is 0. The van der Waals surface area contributed by atoms with Crippen molar-refractivity contribution >= 4 is 11.6 Å². The van der Waals surface area contributed by atoms with E-state index in [2.05, 4.69) is 13.8 Å². The fraction of sp³-hybridized carbons (Fsp3) is 0.810. The van der Waals surface area contributed by atoms with Crippen LogP contribution in [0.25, 0.3) is 0 Å². The average molecular weight is 328 g/mol. The lowest BCUT2D eigenvalue weighted by atomic mass is 9.46. The Kier molecular flexibility index (Phi) is 2.81. The number of hydrogen-bond acceptors (Lipinski definition) is 3. The molecule has 3 heteroatoms. The molecule has 0 aromatic carbocycles. The van der Waals surface area contributed by atoms with Gasteiger partial charge < -0.3 is 4.74 Å². The smallest absolute Gasteiger partial charge is 0.164 e. The van der Waals surface area contributed by atoms with Crippen molar-refractivity contribution in [3.63, 3.8) is 0 Å². The summed E-state index contributed by atoms with van der Waals surface area (Å²) < 4.78 is 5.99. The van der Waals surface area contributed by atoms with Gasteiger partial charge in [0.05, 0.1) is 6.10 Å². The minimum absolute atomic E-state index is 0.0345. The summed E-state index contributed by atoms with van der Waals surface area (Å²) in [6, 6.07) is 0. The summed E-state index contributed by atoms with van der Waals surface area (Å²) in [6.07, 6.45) is 9.53. The molecule has 4 aliphatic carbocycles. The van der Waals surface area contributed by atoms with E-state index < -0.39 is 5.60 Å². The standard InChI is InChI=1S/C21H28O3/c1-12(22)21-18(24-21)11-17-15-5-4-13-10-14(23)6-8-19(13,2)16(15)7-9-20(17,21)3/h10,15-18H,4-9,11H2,1-3H3/t15-,16+,17-,18-,19+,20-,21-/m1/s1. The van der Waals surface area contributed by atoms with Gasteiger partial charge in [0.15, 0.2) is 17.2 Å². The van der Waals surface area contributed by atoms with Crippen molar-refractivity contribution in [2.75, 3.05) is 0 Å². The summed E-state index contributed by atoms with van der Waals surface area (Å²) in [6.45, 7) is 6.48. The van der Waals surface area contributed by atoms with Crippen molar-refractivity contribution in [2.45, 2.75) is 77.4 Å². The van der Waals surface area contributed by atoms with Crippen LogP contribution in [0.3, 0.4) is 0 Å². The molecule has 1 saturated heterocycles. The zero-order chi connectivity index (χ0) is 16.9. The molecule has 4 fully saturated rings. The Hall–Kier alpha value is -0.960. The number of ether oxygens (including phenoxy) is 1. The third-order valence-corrected chi connectivity index (χ3v) is 8.92. The highest BCUT2D eigenvalue weighted by Gasteiger charge is 2.79. The number of carbonyl (C=O) groups excluding carboxylic acids is 2. The van der Waals surface area contributed by atoms with E-state index >= 15 is 0 Å². The number of carbonyl (C=O) groups is 2. The molecule has 1 heterocycles. The third-order valence-electron chi connectivity index (χ3n) is 8.92. The second kappa shape index (κ2) is 4.41. The molecule has 0 unspecified atom stereocenters. The van der Waals surface area contributed by atoms with Gasteiger partial charge in [0.1, 0.15) is 0 Å². The van der Waals surface area contributed by atoms with Crippen molar-refractivity contribution in [3.05, 3.63) is 11.6 Å². The predicted molar refractivity (Wildman–Crippen MR) is 90.4 cm³/mol. The Labute approximate surface area is 144 Å². The molecule has 0 aromatic heterocycles. The molecule has 3 saturated carbocycles. The van der Waals surface area contributed by atoms with Gasteiger partial charge in [-0.2, -0.15) is 0 Å². The number of rotatable bonds is 1. The SMILES string of the molecule is CC(=O)[C@@]12O[C@@H]1C[C@@H]1[C@@H]3CCC4=CC(=O)CC[C@]4(C)[C@H]3CC[C@]12C. The quantitative estimate of drug-likeness (QED) is 0.687. The van der Waals surface area contributed by atoms with E-state index in [4.69, 9.17) is 4.74 Å². The molecule has 0 aromatic rings. The first kappa shape index (κ1) is 15.3. The van der Waals surface area contributed by atoms with Crippen LogP contribution in [0.5, 0.6) is 0 Å². The number of fused-ring (bicyclic) bond motifs is 7. The van der Waals surface area contributed by atoms with E-state index in [1.807, 2.05) is 6.08 Å². The van der Waals surface area contributed by atoms with E-state index in [9.17, 15) is 9.59 Å². The van der Waals surface area contributed by atoms with Crippen LogP contribution < -0.4 is 0 Å². The molecule has 0 amide bonds. The van der Waals surface area contributed by atoms with E-state index in [1.54, 1.807) is 6.92 Å². The van der Waals surface area contributed by atoms with Gasteiger partial charge in [0.2, 0.25) is 0 Å². The first-order chi connectivity index (χ1) is 11.3. The van der Waals surface area contributed by atoms with Gasteiger partial charge in [-0.1, -0.05) is 19.4 Å².